The zero-order chi connectivity index (χ0) is 23.0. The van der Waals surface area contributed by atoms with Crippen LogP contribution in [0.3, 0.4) is 0 Å². The Balaban J connectivity index is 1.32. The molecule has 6 nitrogen and oxygen atoms in total. The summed E-state index contributed by atoms with van der Waals surface area (Å²) in [5.74, 6) is 0.549. The SMILES string of the molecule is CC(=O)N1/C(=C\c2ccc3cc(CNC4CCS(=O)(=O)CC4)ccc3n2)Cc2ccccc21. The molecular weight excluding hydrogens is 434 g/mol. The molecule has 0 bridgehead atoms. The van der Waals surface area contributed by atoms with Gasteiger partial charge in [0.05, 0.1) is 28.4 Å². The summed E-state index contributed by atoms with van der Waals surface area (Å²) in [5, 5.41) is 4.55. The summed E-state index contributed by atoms with van der Waals surface area (Å²) >= 11 is 0. The van der Waals surface area contributed by atoms with Gasteiger partial charge in [-0.15, -0.1) is 0 Å². The first-order valence-electron chi connectivity index (χ1n) is 11.3. The van der Waals surface area contributed by atoms with Crippen LogP contribution in [0.2, 0.25) is 0 Å². The predicted molar refractivity (Wildman–Crippen MR) is 132 cm³/mol. The third kappa shape index (κ3) is 4.70. The fourth-order valence-electron chi connectivity index (χ4n) is 4.70. The van der Waals surface area contributed by atoms with Crippen LogP contribution in [0.1, 0.15) is 36.6 Å². The van der Waals surface area contributed by atoms with Crippen molar-refractivity contribution >= 4 is 38.4 Å². The molecule has 0 saturated carbocycles. The van der Waals surface area contributed by atoms with Crippen LogP contribution in [0.25, 0.3) is 17.0 Å². The van der Waals surface area contributed by atoms with E-state index in [1.54, 1.807) is 11.8 Å². The van der Waals surface area contributed by atoms with Gasteiger partial charge in [-0.1, -0.05) is 30.3 Å². The number of carbonyl (C=O) groups excluding carboxylic acids is 1. The first-order valence-corrected chi connectivity index (χ1v) is 13.1. The molecule has 7 heteroatoms. The second kappa shape index (κ2) is 8.72. The Hall–Kier alpha value is -3.03. The Labute approximate surface area is 194 Å². The fourth-order valence-corrected chi connectivity index (χ4v) is 6.19. The number of nitrogens with one attached hydrogen (secondary N) is 1. The number of allylic oxidation sites excluding steroid dienone is 1. The van der Waals surface area contributed by atoms with Gasteiger partial charge in [0.15, 0.2) is 0 Å². The molecule has 33 heavy (non-hydrogen) atoms. The van der Waals surface area contributed by atoms with Gasteiger partial charge in [0, 0.05) is 37.0 Å². The number of nitrogens with zero attached hydrogens (tertiary/aromatic N) is 2. The Bertz CT molecular complexity index is 1350. The molecule has 3 aromatic rings. The molecule has 5 rings (SSSR count). The number of benzene rings is 2. The van der Waals surface area contributed by atoms with Gasteiger partial charge in [0.1, 0.15) is 9.84 Å². The molecule has 3 heterocycles. The van der Waals surface area contributed by atoms with E-state index in [1.165, 1.54) is 0 Å². The summed E-state index contributed by atoms with van der Waals surface area (Å²) < 4.78 is 23.2. The van der Waals surface area contributed by atoms with E-state index in [0.717, 1.165) is 39.1 Å². The van der Waals surface area contributed by atoms with Crippen molar-refractivity contribution in [3.05, 3.63) is 77.1 Å². The normalized spacial score (nSPS) is 19.2. The van der Waals surface area contributed by atoms with Gasteiger partial charge in [-0.25, -0.2) is 13.4 Å². The number of hydrogen-bond donors (Lipinski definition) is 1. The van der Waals surface area contributed by atoms with Gasteiger partial charge in [0.2, 0.25) is 5.91 Å². The maximum absolute atomic E-state index is 12.3. The molecule has 2 aromatic carbocycles. The van der Waals surface area contributed by atoms with Gasteiger partial charge in [0.25, 0.3) is 0 Å². The van der Waals surface area contributed by atoms with Crippen LogP contribution in [0.15, 0.2) is 60.3 Å². The number of fused-ring (bicyclic) bond motifs is 2. The molecule has 0 spiro atoms. The number of amides is 1. The largest absolute Gasteiger partial charge is 0.310 e. The number of para-hydroxylation sites is 1. The second-order valence-corrected chi connectivity index (χ2v) is 11.2. The maximum Gasteiger partial charge on any atom is 0.228 e. The lowest BCUT2D eigenvalue weighted by atomic mass is 10.1. The summed E-state index contributed by atoms with van der Waals surface area (Å²) in [6.45, 7) is 2.30. The molecule has 0 aliphatic carbocycles. The Morgan fingerprint density at radius 1 is 1.12 bits per heavy atom. The van der Waals surface area contributed by atoms with Crippen molar-refractivity contribution < 1.29 is 13.2 Å². The third-order valence-electron chi connectivity index (χ3n) is 6.45. The van der Waals surface area contributed by atoms with Crippen molar-refractivity contribution in [1.82, 2.24) is 10.3 Å². The van der Waals surface area contributed by atoms with Crippen molar-refractivity contribution in [2.45, 2.75) is 38.8 Å². The highest BCUT2D eigenvalue weighted by Crippen LogP contribution is 2.35. The van der Waals surface area contributed by atoms with Crippen molar-refractivity contribution in [2.24, 2.45) is 0 Å². The number of anilines is 1. The molecular formula is C26H27N3O3S. The van der Waals surface area contributed by atoms with Gasteiger partial charge < -0.3 is 5.32 Å². The highest BCUT2D eigenvalue weighted by Gasteiger charge is 2.27. The molecule has 1 amide bonds. The van der Waals surface area contributed by atoms with E-state index in [0.29, 0.717) is 25.8 Å². The lowest BCUT2D eigenvalue weighted by Gasteiger charge is -2.23. The van der Waals surface area contributed by atoms with Crippen LogP contribution in [-0.4, -0.2) is 36.9 Å². The minimum Gasteiger partial charge on any atom is -0.310 e. The average molecular weight is 462 g/mol. The van der Waals surface area contributed by atoms with Crippen molar-refractivity contribution in [1.29, 1.82) is 0 Å². The highest BCUT2D eigenvalue weighted by atomic mass is 32.2. The minimum atomic E-state index is -2.84. The number of sulfone groups is 1. The topological polar surface area (TPSA) is 79.4 Å². The van der Waals surface area contributed by atoms with Crippen LogP contribution in [0, 0.1) is 0 Å². The van der Waals surface area contributed by atoms with Crippen LogP contribution in [0.4, 0.5) is 5.69 Å². The molecule has 1 N–H and O–H groups in total. The molecule has 0 radical (unpaired) electrons. The van der Waals surface area contributed by atoms with Crippen molar-refractivity contribution in [3.63, 3.8) is 0 Å². The van der Waals surface area contributed by atoms with Crippen molar-refractivity contribution in [2.75, 3.05) is 16.4 Å². The van der Waals surface area contributed by atoms with E-state index < -0.39 is 9.84 Å². The van der Waals surface area contributed by atoms with Gasteiger partial charge >= 0.3 is 0 Å². The lowest BCUT2D eigenvalue weighted by molar-refractivity contribution is -0.116. The van der Waals surface area contributed by atoms with E-state index in [-0.39, 0.29) is 23.5 Å². The van der Waals surface area contributed by atoms with E-state index in [4.69, 9.17) is 4.98 Å². The van der Waals surface area contributed by atoms with Crippen LogP contribution < -0.4 is 10.2 Å². The molecule has 0 atom stereocenters. The second-order valence-electron chi connectivity index (χ2n) is 8.87. The fraction of sp³-hybridized carbons (Fsp3) is 0.308. The molecule has 2 aliphatic heterocycles. The Morgan fingerprint density at radius 2 is 1.91 bits per heavy atom. The number of hydrogen-bond acceptors (Lipinski definition) is 5. The Kier molecular flexibility index (Phi) is 5.76. The third-order valence-corrected chi connectivity index (χ3v) is 8.16. The van der Waals surface area contributed by atoms with Gasteiger partial charge in [-0.3, -0.25) is 9.69 Å². The number of pyridine rings is 1. The van der Waals surface area contributed by atoms with E-state index in [2.05, 4.69) is 29.6 Å². The summed E-state index contributed by atoms with van der Waals surface area (Å²) in [6.07, 6.45) is 4.06. The molecule has 1 fully saturated rings. The van der Waals surface area contributed by atoms with Crippen LogP contribution in [-0.2, 0) is 27.6 Å². The Morgan fingerprint density at radius 3 is 2.70 bits per heavy atom. The standard InChI is InChI=1S/C26H27N3O3S/c1-18(30)29-24(15-21-4-2-3-5-26(21)29)16-23-8-7-20-14-19(6-9-25(20)28-23)17-27-22-10-12-33(31,32)13-11-22/h2-9,14,16,22,27H,10-13,15,17H2,1H3/b24-16-. The molecule has 0 unspecified atom stereocenters. The summed E-state index contributed by atoms with van der Waals surface area (Å²) in [4.78, 5) is 18.9. The molecule has 170 valence electrons. The summed E-state index contributed by atoms with van der Waals surface area (Å²) in [5.41, 5.74) is 5.91. The predicted octanol–water partition coefficient (Wildman–Crippen LogP) is 3.85. The molecule has 1 saturated heterocycles. The van der Waals surface area contributed by atoms with Gasteiger partial charge in [-0.05, 0) is 54.3 Å². The number of aromatic nitrogens is 1. The summed E-state index contributed by atoms with van der Waals surface area (Å²) in [7, 11) is -2.84. The molecule has 2 aliphatic rings. The quantitative estimate of drug-likeness (QED) is 0.638. The van der Waals surface area contributed by atoms with E-state index in [1.807, 2.05) is 36.4 Å². The average Bonchev–Trinajstić information content (AvgIpc) is 3.16. The van der Waals surface area contributed by atoms with Crippen molar-refractivity contribution in [3.8, 4) is 0 Å². The first-order chi connectivity index (χ1) is 15.9. The van der Waals surface area contributed by atoms with E-state index >= 15 is 0 Å². The minimum absolute atomic E-state index is 0.000281. The monoisotopic (exact) mass is 461 g/mol. The molecule has 1 aromatic heterocycles. The van der Waals surface area contributed by atoms with Gasteiger partial charge in [-0.2, -0.15) is 0 Å². The summed E-state index contributed by atoms with van der Waals surface area (Å²) in [6, 6.07) is 18.5. The number of rotatable bonds is 4. The lowest BCUT2D eigenvalue weighted by Crippen LogP contribution is -2.37. The zero-order valence-electron chi connectivity index (χ0n) is 18.6. The first kappa shape index (κ1) is 21.8. The van der Waals surface area contributed by atoms with Crippen LogP contribution in [0.5, 0.6) is 0 Å². The smallest absolute Gasteiger partial charge is 0.228 e. The van der Waals surface area contributed by atoms with Crippen LogP contribution >= 0.6 is 0 Å². The maximum atomic E-state index is 12.3. The zero-order valence-corrected chi connectivity index (χ0v) is 19.4. The van der Waals surface area contributed by atoms with E-state index in [9.17, 15) is 13.2 Å². The highest BCUT2D eigenvalue weighted by molar-refractivity contribution is 7.91. The number of carbonyl (C=O) groups is 1.